The summed E-state index contributed by atoms with van der Waals surface area (Å²) in [6, 6.07) is 1.90. The van der Waals surface area contributed by atoms with E-state index in [1.54, 1.807) is 0 Å². The van der Waals surface area contributed by atoms with Gasteiger partial charge in [0.2, 0.25) is 0 Å². The lowest BCUT2D eigenvalue weighted by molar-refractivity contribution is -0.139. The van der Waals surface area contributed by atoms with Crippen LogP contribution in [0.25, 0.3) is 0 Å². The molecule has 0 radical (unpaired) electrons. The molecular formula is C11H12Cl2OS. The van der Waals surface area contributed by atoms with E-state index in [0.29, 0.717) is 16.5 Å². The van der Waals surface area contributed by atoms with Gasteiger partial charge in [-0.25, -0.2) is 0 Å². The maximum atomic E-state index is 11.6. The molecule has 2 rings (SSSR count). The topological polar surface area (TPSA) is 17.1 Å². The highest BCUT2D eigenvalue weighted by Gasteiger charge is 2.51. The average molecular weight is 263 g/mol. The Balaban J connectivity index is 2.34. The Morgan fingerprint density at radius 3 is 2.67 bits per heavy atom. The quantitative estimate of drug-likeness (QED) is 0.766. The third-order valence-electron chi connectivity index (χ3n) is 3.59. The van der Waals surface area contributed by atoms with Crippen LogP contribution in [0.3, 0.4) is 0 Å². The van der Waals surface area contributed by atoms with E-state index >= 15 is 0 Å². The second kappa shape index (κ2) is 3.76. The summed E-state index contributed by atoms with van der Waals surface area (Å²) in [6.45, 7) is 4.07. The first-order valence-corrected chi connectivity index (χ1v) is 6.54. The van der Waals surface area contributed by atoms with Gasteiger partial charge in [0.05, 0.1) is 8.67 Å². The SMILES string of the molecule is CCC1(C)C(=O)CC1c1cc(Cl)sc1Cl. The van der Waals surface area contributed by atoms with Gasteiger partial charge in [-0.2, -0.15) is 0 Å². The lowest BCUT2D eigenvalue weighted by Crippen LogP contribution is -2.45. The van der Waals surface area contributed by atoms with Crippen molar-refractivity contribution in [1.82, 2.24) is 0 Å². The van der Waals surface area contributed by atoms with Gasteiger partial charge in [-0.05, 0) is 18.1 Å². The van der Waals surface area contributed by atoms with Crippen LogP contribution in [0, 0.1) is 5.41 Å². The Labute approximate surface area is 103 Å². The zero-order valence-electron chi connectivity index (χ0n) is 8.64. The summed E-state index contributed by atoms with van der Waals surface area (Å²) in [7, 11) is 0. The lowest BCUT2D eigenvalue weighted by atomic mass is 9.57. The molecule has 2 unspecified atom stereocenters. The summed E-state index contributed by atoms with van der Waals surface area (Å²) in [5.74, 6) is 0.597. The van der Waals surface area contributed by atoms with Crippen molar-refractivity contribution in [2.24, 2.45) is 5.41 Å². The van der Waals surface area contributed by atoms with Gasteiger partial charge in [0.25, 0.3) is 0 Å². The van der Waals surface area contributed by atoms with Gasteiger partial charge < -0.3 is 0 Å². The van der Waals surface area contributed by atoms with Crippen LogP contribution >= 0.6 is 34.5 Å². The number of rotatable bonds is 2. The van der Waals surface area contributed by atoms with Crippen LogP contribution in [0.5, 0.6) is 0 Å². The highest BCUT2D eigenvalue weighted by molar-refractivity contribution is 7.20. The van der Waals surface area contributed by atoms with E-state index in [4.69, 9.17) is 23.2 Å². The summed E-state index contributed by atoms with van der Waals surface area (Å²) in [5, 5.41) is 0. The molecule has 1 heterocycles. The van der Waals surface area contributed by atoms with Crippen molar-refractivity contribution in [3.8, 4) is 0 Å². The summed E-state index contributed by atoms with van der Waals surface area (Å²) in [4.78, 5) is 11.6. The van der Waals surface area contributed by atoms with Crippen LogP contribution in [-0.4, -0.2) is 5.78 Å². The van der Waals surface area contributed by atoms with Gasteiger partial charge in [0.1, 0.15) is 5.78 Å². The number of carbonyl (C=O) groups excluding carboxylic acids is 1. The maximum absolute atomic E-state index is 11.6. The predicted octanol–water partition coefficient (Wildman–Crippen LogP) is 4.53. The maximum Gasteiger partial charge on any atom is 0.140 e. The first-order chi connectivity index (χ1) is 6.99. The van der Waals surface area contributed by atoms with Gasteiger partial charge in [-0.15, -0.1) is 11.3 Å². The second-order valence-electron chi connectivity index (χ2n) is 4.23. The summed E-state index contributed by atoms with van der Waals surface area (Å²) in [5.41, 5.74) is 0.823. The van der Waals surface area contributed by atoms with Gasteiger partial charge in [0, 0.05) is 17.8 Å². The van der Waals surface area contributed by atoms with E-state index in [0.717, 1.165) is 16.3 Å². The highest BCUT2D eigenvalue weighted by Crippen LogP contribution is 2.55. The van der Waals surface area contributed by atoms with Gasteiger partial charge in [-0.1, -0.05) is 37.0 Å². The molecule has 1 fully saturated rings. The minimum Gasteiger partial charge on any atom is -0.299 e. The van der Waals surface area contributed by atoms with Crippen molar-refractivity contribution in [2.75, 3.05) is 0 Å². The molecule has 82 valence electrons. The number of ketones is 1. The molecule has 0 amide bonds. The Morgan fingerprint density at radius 1 is 1.60 bits per heavy atom. The molecule has 1 aliphatic rings. The van der Waals surface area contributed by atoms with Crippen LogP contribution in [0.1, 0.15) is 38.2 Å². The van der Waals surface area contributed by atoms with Crippen molar-refractivity contribution < 1.29 is 4.79 Å². The molecule has 1 aromatic heterocycles. The molecule has 0 saturated heterocycles. The van der Waals surface area contributed by atoms with E-state index in [9.17, 15) is 4.79 Å². The van der Waals surface area contributed by atoms with Crippen LogP contribution in [0.4, 0.5) is 0 Å². The first-order valence-electron chi connectivity index (χ1n) is 4.97. The molecule has 0 N–H and O–H groups in total. The van der Waals surface area contributed by atoms with Gasteiger partial charge in [0.15, 0.2) is 0 Å². The molecule has 1 nitrogen and oxygen atoms in total. The number of halogens is 2. The number of thiophene rings is 1. The highest BCUT2D eigenvalue weighted by atomic mass is 35.5. The van der Waals surface area contributed by atoms with Crippen molar-refractivity contribution >= 4 is 40.3 Å². The minimum atomic E-state index is -0.228. The van der Waals surface area contributed by atoms with Crippen molar-refractivity contribution in [3.05, 3.63) is 20.3 Å². The number of hydrogen-bond acceptors (Lipinski definition) is 2. The van der Waals surface area contributed by atoms with Crippen molar-refractivity contribution in [2.45, 2.75) is 32.6 Å². The Morgan fingerprint density at radius 2 is 2.27 bits per heavy atom. The van der Waals surface area contributed by atoms with E-state index in [-0.39, 0.29) is 11.3 Å². The first kappa shape index (κ1) is 11.4. The molecule has 1 saturated carbocycles. The zero-order valence-corrected chi connectivity index (χ0v) is 11.0. The summed E-state index contributed by atoms with van der Waals surface area (Å²) in [6.07, 6.45) is 1.47. The van der Waals surface area contributed by atoms with Crippen molar-refractivity contribution in [1.29, 1.82) is 0 Å². The number of Topliss-reactive ketones (excluding diaryl/α,β-unsaturated/α-hetero) is 1. The molecule has 2 atom stereocenters. The molecule has 0 aromatic carbocycles. The van der Waals surface area contributed by atoms with Gasteiger partial charge in [-0.3, -0.25) is 4.79 Å². The standard InChI is InChI=1S/C11H12Cl2OS/c1-3-11(2)7(5-8(11)14)6-4-9(12)15-10(6)13/h4,7H,3,5H2,1-2H3. The smallest absolute Gasteiger partial charge is 0.140 e. The van der Waals surface area contributed by atoms with Gasteiger partial charge >= 0.3 is 0 Å². The fourth-order valence-electron chi connectivity index (χ4n) is 2.19. The van der Waals surface area contributed by atoms with E-state index in [2.05, 4.69) is 0 Å². The largest absolute Gasteiger partial charge is 0.299 e. The van der Waals surface area contributed by atoms with Crippen molar-refractivity contribution in [3.63, 3.8) is 0 Å². The fraction of sp³-hybridized carbons (Fsp3) is 0.545. The van der Waals surface area contributed by atoms with Crippen LogP contribution in [0.2, 0.25) is 8.67 Å². The average Bonchev–Trinajstić information content (AvgIpc) is 2.52. The summed E-state index contributed by atoms with van der Waals surface area (Å²) >= 11 is 13.4. The third kappa shape index (κ3) is 1.63. The Kier molecular flexibility index (Phi) is 2.87. The summed E-state index contributed by atoms with van der Waals surface area (Å²) < 4.78 is 1.44. The monoisotopic (exact) mass is 262 g/mol. The zero-order chi connectivity index (χ0) is 11.2. The Hall–Kier alpha value is -0.0500. The lowest BCUT2D eigenvalue weighted by Gasteiger charge is -2.44. The minimum absolute atomic E-state index is 0.228. The number of hydrogen-bond donors (Lipinski definition) is 0. The molecule has 1 aromatic rings. The molecule has 0 bridgehead atoms. The normalized spacial score (nSPS) is 30.4. The Bertz CT molecular complexity index is 413. The molecular weight excluding hydrogens is 251 g/mol. The molecule has 1 aliphatic carbocycles. The molecule has 0 spiro atoms. The van der Waals surface area contributed by atoms with Crippen LogP contribution in [0.15, 0.2) is 6.07 Å². The number of carbonyl (C=O) groups is 1. The van der Waals surface area contributed by atoms with Crippen LogP contribution < -0.4 is 0 Å². The molecule has 4 heteroatoms. The third-order valence-corrected chi connectivity index (χ3v) is 5.11. The second-order valence-corrected chi connectivity index (χ2v) is 6.52. The van der Waals surface area contributed by atoms with E-state index < -0.39 is 0 Å². The van der Waals surface area contributed by atoms with E-state index in [1.165, 1.54) is 11.3 Å². The predicted molar refractivity (Wildman–Crippen MR) is 65.1 cm³/mol. The van der Waals surface area contributed by atoms with Crippen LogP contribution in [-0.2, 0) is 4.79 Å². The molecule has 0 aliphatic heterocycles. The fourth-order valence-corrected chi connectivity index (χ4v) is 3.77. The van der Waals surface area contributed by atoms with E-state index in [1.807, 2.05) is 19.9 Å². The molecule has 15 heavy (non-hydrogen) atoms.